The van der Waals surface area contributed by atoms with Crippen molar-refractivity contribution >= 4 is 29.5 Å². The van der Waals surface area contributed by atoms with Crippen LogP contribution in [-0.2, 0) is 14.4 Å². The molecule has 32 heavy (non-hydrogen) atoms. The fourth-order valence-electron chi connectivity index (χ4n) is 5.77. The molecule has 3 fully saturated rings. The van der Waals surface area contributed by atoms with Gasteiger partial charge in [0.1, 0.15) is 6.04 Å². The van der Waals surface area contributed by atoms with E-state index < -0.39 is 22.6 Å². The lowest BCUT2D eigenvalue weighted by Gasteiger charge is -2.37. The molecule has 0 saturated carbocycles. The van der Waals surface area contributed by atoms with Crippen LogP contribution in [0, 0.1) is 11.8 Å². The van der Waals surface area contributed by atoms with Crippen molar-refractivity contribution in [2.45, 2.75) is 55.1 Å². The summed E-state index contributed by atoms with van der Waals surface area (Å²) in [6, 6.07) is -0.647. The van der Waals surface area contributed by atoms with E-state index in [0.717, 1.165) is 32.1 Å². The minimum Gasteiger partial charge on any atom is -0.395 e. The molecule has 8 heteroatoms. The molecular weight excluding hydrogens is 426 g/mol. The fraction of sp³-hybridized carbons (Fsp3) is 0.708. The second-order valence-corrected chi connectivity index (χ2v) is 10.7. The number of fused-ring (bicyclic) bond motifs is 1. The molecule has 1 spiro atoms. The van der Waals surface area contributed by atoms with Gasteiger partial charge in [-0.05, 0) is 19.3 Å². The predicted molar refractivity (Wildman–Crippen MR) is 127 cm³/mol. The van der Waals surface area contributed by atoms with Crippen molar-refractivity contribution in [1.29, 1.82) is 0 Å². The van der Waals surface area contributed by atoms with Crippen LogP contribution in [0.25, 0.3) is 0 Å². The quantitative estimate of drug-likeness (QED) is 0.353. The first-order chi connectivity index (χ1) is 15.4. The number of thioether (sulfide) groups is 1. The Labute approximate surface area is 195 Å². The van der Waals surface area contributed by atoms with Gasteiger partial charge in [-0.15, -0.1) is 24.9 Å². The van der Waals surface area contributed by atoms with Crippen LogP contribution in [0.2, 0.25) is 0 Å². The lowest BCUT2D eigenvalue weighted by atomic mass is 9.70. The largest absolute Gasteiger partial charge is 0.395 e. The smallest absolute Gasteiger partial charge is 0.247 e. The Morgan fingerprint density at radius 1 is 1.25 bits per heavy atom. The molecule has 1 N–H and O–H groups in total. The second-order valence-electron chi connectivity index (χ2n) is 9.10. The van der Waals surface area contributed by atoms with Crippen LogP contribution in [0.4, 0.5) is 0 Å². The number of aliphatic hydroxyl groups is 1. The number of carbonyl (C=O) groups is 3. The summed E-state index contributed by atoms with van der Waals surface area (Å²) in [6.07, 6.45) is 7.95. The standard InChI is InChI=1S/C24H37N3O4S/c1-5-8-9-14-26(13-7-3)23(31)20-24-11-10-17(32-24)18(21(29)25(4)12-6-2)19(24)22(30)27(20)15-16-28/h6-7,17-20,28H,2-3,5,8-16H2,1,4H3/t17-,18+,19+,20?,24?/m1/s1. The van der Waals surface area contributed by atoms with Crippen molar-refractivity contribution < 1.29 is 19.5 Å². The first-order valence-corrected chi connectivity index (χ1v) is 12.6. The molecule has 178 valence electrons. The van der Waals surface area contributed by atoms with Gasteiger partial charge in [-0.1, -0.05) is 31.9 Å². The van der Waals surface area contributed by atoms with Crippen LogP contribution in [0.15, 0.2) is 25.3 Å². The highest BCUT2D eigenvalue weighted by atomic mass is 32.2. The van der Waals surface area contributed by atoms with Crippen LogP contribution in [0.3, 0.4) is 0 Å². The molecule has 3 aliphatic heterocycles. The highest BCUT2D eigenvalue weighted by Crippen LogP contribution is 2.66. The summed E-state index contributed by atoms with van der Waals surface area (Å²) in [7, 11) is 1.74. The van der Waals surface area contributed by atoms with Crippen molar-refractivity contribution in [2.75, 3.05) is 39.8 Å². The Morgan fingerprint density at radius 2 is 1.97 bits per heavy atom. The van der Waals surface area contributed by atoms with Gasteiger partial charge in [0.15, 0.2) is 0 Å². The topological polar surface area (TPSA) is 81.2 Å². The Morgan fingerprint density at radius 3 is 2.59 bits per heavy atom. The molecule has 0 aromatic carbocycles. The van der Waals surface area contributed by atoms with E-state index in [1.807, 2.05) is 0 Å². The average molecular weight is 464 g/mol. The molecule has 3 rings (SSSR count). The third-order valence-corrected chi connectivity index (χ3v) is 9.08. The number of amides is 3. The normalized spacial score (nSPS) is 30.3. The third kappa shape index (κ3) is 4.12. The van der Waals surface area contributed by atoms with E-state index in [0.29, 0.717) is 19.6 Å². The van der Waals surface area contributed by atoms with Gasteiger partial charge in [0.2, 0.25) is 17.7 Å². The van der Waals surface area contributed by atoms with E-state index in [4.69, 9.17) is 0 Å². The van der Waals surface area contributed by atoms with Gasteiger partial charge in [-0.25, -0.2) is 0 Å². The van der Waals surface area contributed by atoms with Gasteiger partial charge in [-0.3, -0.25) is 14.4 Å². The predicted octanol–water partition coefficient (Wildman–Crippen LogP) is 1.92. The van der Waals surface area contributed by atoms with Crippen molar-refractivity contribution in [2.24, 2.45) is 11.8 Å². The molecule has 3 saturated heterocycles. The molecule has 5 atom stereocenters. The van der Waals surface area contributed by atoms with Crippen molar-refractivity contribution in [3.63, 3.8) is 0 Å². The Bertz CT molecular complexity index is 760. The molecule has 2 unspecified atom stereocenters. The van der Waals surface area contributed by atoms with E-state index in [1.54, 1.807) is 45.7 Å². The van der Waals surface area contributed by atoms with Crippen LogP contribution in [0.1, 0.15) is 39.0 Å². The zero-order valence-electron chi connectivity index (χ0n) is 19.4. The Hall–Kier alpha value is -1.80. The molecule has 7 nitrogen and oxygen atoms in total. The Balaban J connectivity index is 1.95. The molecule has 3 aliphatic rings. The highest BCUT2D eigenvalue weighted by Gasteiger charge is 2.73. The minimum absolute atomic E-state index is 0.0447. The summed E-state index contributed by atoms with van der Waals surface area (Å²) in [5, 5.41) is 9.74. The van der Waals surface area contributed by atoms with Crippen LogP contribution >= 0.6 is 11.8 Å². The zero-order chi connectivity index (χ0) is 23.5. The number of hydrogen-bond acceptors (Lipinski definition) is 5. The molecule has 0 aromatic rings. The Kier molecular flexibility index (Phi) is 8.09. The number of unbranched alkanes of at least 4 members (excludes halogenated alkanes) is 2. The summed E-state index contributed by atoms with van der Waals surface area (Å²) in [4.78, 5) is 45.8. The van der Waals surface area contributed by atoms with Gasteiger partial charge in [0.05, 0.1) is 23.2 Å². The number of carbonyl (C=O) groups excluding carboxylic acids is 3. The number of hydrogen-bond donors (Lipinski definition) is 1. The number of β-amino-alcohol motifs (C(OH)–C–C–N with tert-alkyl or cyclic N) is 1. The van der Waals surface area contributed by atoms with Gasteiger partial charge in [-0.2, -0.15) is 0 Å². The molecule has 3 heterocycles. The summed E-state index contributed by atoms with van der Waals surface area (Å²) in [5.41, 5.74) is 0. The number of nitrogens with zero attached hydrogens (tertiary/aromatic N) is 3. The van der Waals surface area contributed by atoms with Gasteiger partial charge in [0, 0.05) is 38.5 Å². The molecule has 2 bridgehead atoms. The average Bonchev–Trinajstić information content (AvgIpc) is 3.41. The number of aliphatic hydroxyl groups excluding tert-OH is 1. The van der Waals surface area contributed by atoms with E-state index in [9.17, 15) is 19.5 Å². The number of likely N-dealkylation sites (tertiary alicyclic amines) is 1. The summed E-state index contributed by atoms with van der Waals surface area (Å²) < 4.78 is -0.604. The molecule has 0 aromatic heterocycles. The van der Waals surface area contributed by atoms with Crippen LogP contribution in [0.5, 0.6) is 0 Å². The van der Waals surface area contributed by atoms with Gasteiger partial charge >= 0.3 is 0 Å². The molecular formula is C24H37N3O4S. The first kappa shape index (κ1) is 24.8. The van der Waals surface area contributed by atoms with E-state index in [2.05, 4.69) is 20.1 Å². The van der Waals surface area contributed by atoms with E-state index >= 15 is 0 Å². The first-order valence-electron chi connectivity index (χ1n) is 11.7. The van der Waals surface area contributed by atoms with Crippen molar-refractivity contribution in [3.8, 4) is 0 Å². The highest BCUT2D eigenvalue weighted by molar-refractivity contribution is 8.02. The molecule has 0 radical (unpaired) electrons. The summed E-state index contributed by atoms with van der Waals surface area (Å²) in [6.45, 7) is 11.0. The van der Waals surface area contributed by atoms with Gasteiger partial charge in [0.25, 0.3) is 0 Å². The lowest BCUT2D eigenvalue weighted by molar-refractivity contribution is -0.144. The summed E-state index contributed by atoms with van der Waals surface area (Å²) >= 11 is 1.66. The monoisotopic (exact) mass is 463 g/mol. The van der Waals surface area contributed by atoms with Crippen LogP contribution in [-0.4, -0.2) is 93.4 Å². The molecule has 3 amide bonds. The van der Waals surface area contributed by atoms with Gasteiger partial charge < -0.3 is 19.8 Å². The number of rotatable bonds is 12. The lowest BCUT2D eigenvalue weighted by Crippen LogP contribution is -2.55. The maximum Gasteiger partial charge on any atom is 0.247 e. The van der Waals surface area contributed by atoms with Crippen molar-refractivity contribution in [1.82, 2.24) is 14.7 Å². The zero-order valence-corrected chi connectivity index (χ0v) is 20.2. The molecule has 0 aliphatic carbocycles. The SMILES string of the molecule is C=CCN(C)C(=O)[C@@H]1[C@H]2C(=O)N(CCO)C(C(=O)N(CC=C)CCCCC)C23CC[C@H]1S3. The van der Waals surface area contributed by atoms with Crippen molar-refractivity contribution in [3.05, 3.63) is 25.3 Å². The number of likely N-dealkylation sites (N-methyl/N-ethyl adjacent to an activating group) is 1. The third-order valence-electron chi connectivity index (χ3n) is 7.13. The van der Waals surface area contributed by atoms with Crippen LogP contribution < -0.4 is 0 Å². The second kappa shape index (κ2) is 10.4. The van der Waals surface area contributed by atoms with E-state index in [-0.39, 0.29) is 36.1 Å². The maximum atomic E-state index is 13.9. The maximum absolute atomic E-state index is 13.9. The summed E-state index contributed by atoms with van der Waals surface area (Å²) in [5.74, 6) is -1.24. The fourth-order valence-corrected chi connectivity index (χ4v) is 7.98. The van der Waals surface area contributed by atoms with E-state index in [1.165, 1.54) is 0 Å². The minimum atomic E-state index is -0.647.